The van der Waals surface area contributed by atoms with Gasteiger partial charge in [0, 0.05) is 23.9 Å². The number of imide groups is 2. The van der Waals surface area contributed by atoms with E-state index >= 15 is 9.59 Å². The van der Waals surface area contributed by atoms with Crippen molar-refractivity contribution in [1.82, 2.24) is 9.80 Å². The Hall–Kier alpha value is -2.84. The molecule has 4 amide bonds. The molecule has 6 nitrogen and oxygen atoms in total. The fraction of sp³-hybridized carbons (Fsp3) is 0.526. The van der Waals surface area contributed by atoms with Crippen LogP contribution in [-0.4, -0.2) is 55.0 Å². The molecule has 0 spiro atoms. The van der Waals surface area contributed by atoms with Gasteiger partial charge in [0.2, 0.25) is 11.8 Å². The van der Waals surface area contributed by atoms with Crippen LogP contribution in [0, 0.1) is 11.8 Å². The number of rotatable bonds is 10. The van der Waals surface area contributed by atoms with Crippen molar-refractivity contribution in [2.45, 2.75) is 113 Å². The number of hydrogen-bond donors (Lipinski definition) is 0. The zero-order valence-corrected chi connectivity index (χ0v) is 29.3. The van der Waals surface area contributed by atoms with Crippen molar-refractivity contribution < 1.29 is 19.2 Å². The van der Waals surface area contributed by atoms with Gasteiger partial charge < -0.3 is 0 Å². The largest absolute Gasteiger partial charge is 0.277 e. The number of likely N-dealkylation sites (tertiary alicyclic amines) is 1. The number of thioether (sulfide) groups is 2. The van der Waals surface area contributed by atoms with Crippen LogP contribution in [0.1, 0.15) is 114 Å². The van der Waals surface area contributed by atoms with E-state index in [2.05, 4.69) is 52.0 Å². The van der Waals surface area contributed by atoms with Gasteiger partial charge in [0.05, 0.1) is 9.81 Å². The molecule has 0 N–H and O–H groups in total. The number of carbonyl (C=O) groups excluding carboxylic acids is 4. The maximum Gasteiger partial charge on any atom is 0.268 e. The molecular weight excluding hydrogens is 613 g/mol. The Bertz CT molecular complexity index is 1530. The molecule has 1 saturated heterocycles. The summed E-state index contributed by atoms with van der Waals surface area (Å²) in [7, 11) is 0. The standard InChI is InChI=1S/C38H44N2O4S2/c1-21(2)13-11-15-23(5)39-33(41)31-32(34(39)42)46-38-30-26-18-8-7-17-25(26)29(27-19-9-10-20-28(27)30)37(38,45-31)35(43)40(36(38)44)24(6)16-12-14-22(3)4/h7-10,17-24,29-30H,11-16H2,1-6H3/t23?,24?,29?,30?,37-,38+. The van der Waals surface area contributed by atoms with Crippen LogP contribution in [0.3, 0.4) is 0 Å². The summed E-state index contributed by atoms with van der Waals surface area (Å²) in [5.74, 6) is -0.828. The third-order valence-electron chi connectivity index (χ3n) is 10.9. The first kappa shape index (κ1) is 31.7. The SMILES string of the molecule is CC(C)CCCC(C)N1C(=O)C2=C(S[C@]34C(=O)N(C(C)CCCC(C)C)C(=O)[C@@]3(S2)C2c3ccccc3C4c3ccccc32)C1=O. The van der Waals surface area contributed by atoms with Gasteiger partial charge in [0.25, 0.3) is 11.8 Å². The van der Waals surface area contributed by atoms with Crippen LogP contribution >= 0.6 is 23.5 Å². The second kappa shape index (κ2) is 11.4. The van der Waals surface area contributed by atoms with Gasteiger partial charge in [-0.2, -0.15) is 0 Å². The molecule has 0 aromatic heterocycles. The summed E-state index contributed by atoms with van der Waals surface area (Å²) >= 11 is 2.49. The van der Waals surface area contributed by atoms with E-state index in [1.165, 1.54) is 28.4 Å². The topological polar surface area (TPSA) is 74.8 Å². The van der Waals surface area contributed by atoms with Crippen molar-refractivity contribution in [1.29, 1.82) is 0 Å². The third-order valence-corrected chi connectivity index (χ3v) is 14.5. The van der Waals surface area contributed by atoms with Gasteiger partial charge >= 0.3 is 0 Å². The van der Waals surface area contributed by atoms with Crippen molar-refractivity contribution in [3.05, 3.63) is 80.6 Å². The van der Waals surface area contributed by atoms with Gasteiger partial charge in [-0.25, -0.2) is 0 Å². The van der Waals surface area contributed by atoms with Gasteiger partial charge in [-0.05, 0) is 60.8 Å². The minimum absolute atomic E-state index is 0.207. The van der Waals surface area contributed by atoms with E-state index in [1.807, 2.05) is 38.1 Å². The molecule has 1 fully saturated rings. The van der Waals surface area contributed by atoms with Crippen LogP contribution in [0.5, 0.6) is 0 Å². The molecule has 0 saturated carbocycles. The summed E-state index contributed by atoms with van der Waals surface area (Å²) in [6, 6.07) is 15.8. The van der Waals surface area contributed by atoms with Crippen molar-refractivity contribution in [3.63, 3.8) is 0 Å². The van der Waals surface area contributed by atoms with E-state index in [0.717, 1.165) is 60.8 Å². The van der Waals surface area contributed by atoms with Gasteiger partial charge in [0.1, 0.15) is 9.49 Å². The summed E-state index contributed by atoms with van der Waals surface area (Å²) in [5, 5.41) is 0. The molecule has 3 aliphatic carbocycles. The average Bonchev–Trinajstić information content (AvgIpc) is 3.38. The van der Waals surface area contributed by atoms with E-state index in [4.69, 9.17) is 0 Å². The zero-order chi connectivity index (χ0) is 32.7. The van der Waals surface area contributed by atoms with Crippen molar-refractivity contribution in [2.75, 3.05) is 0 Å². The lowest BCUT2D eigenvalue weighted by Gasteiger charge is -2.59. The molecule has 8 rings (SSSR count). The molecule has 2 unspecified atom stereocenters. The van der Waals surface area contributed by atoms with E-state index in [-0.39, 0.29) is 35.7 Å². The third kappa shape index (κ3) is 4.17. The molecule has 3 aliphatic heterocycles. The number of hydrogen-bond acceptors (Lipinski definition) is 6. The minimum Gasteiger partial charge on any atom is -0.277 e. The summed E-state index contributed by atoms with van der Waals surface area (Å²) in [4.78, 5) is 62.7. The lowest BCUT2D eigenvalue weighted by molar-refractivity contribution is -0.142. The average molecular weight is 657 g/mol. The first-order valence-corrected chi connectivity index (χ1v) is 18.7. The van der Waals surface area contributed by atoms with Gasteiger partial charge in [-0.1, -0.05) is 125 Å². The van der Waals surface area contributed by atoms with Crippen LogP contribution in [0.25, 0.3) is 0 Å². The molecule has 2 aromatic carbocycles. The molecular formula is C38H44N2O4S2. The van der Waals surface area contributed by atoms with E-state index in [1.54, 1.807) is 4.90 Å². The predicted octanol–water partition coefficient (Wildman–Crippen LogP) is 7.61. The monoisotopic (exact) mass is 656 g/mol. The molecule has 2 aromatic rings. The molecule has 46 heavy (non-hydrogen) atoms. The molecule has 2 bridgehead atoms. The highest BCUT2D eigenvalue weighted by Crippen LogP contribution is 2.77. The first-order chi connectivity index (χ1) is 22.0. The van der Waals surface area contributed by atoms with E-state index < -0.39 is 21.3 Å². The lowest BCUT2D eigenvalue weighted by Crippen LogP contribution is -2.66. The number of nitrogens with zero attached hydrogens (tertiary/aromatic N) is 2. The second-order valence-electron chi connectivity index (χ2n) is 14.8. The molecule has 4 atom stereocenters. The van der Waals surface area contributed by atoms with Gasteiger partial charge in [-0.15, -0.1) is 0 Å². The summed E-state index contributed by atoms with van der Waals surface area (Å²) in [5.41, 5.74) is 4.19. The highest BCUT2D eigenvalue weighted by atomic mass is 32.2. The summed E-state index contributed by atoms with van der Waals surface area (Å²) in [6.45, 7) is 12.7. The van der Waals surface area contributed by atoms with E-state index in [0.29, 0.717) is 21.6 Å². The summed E-state index contributed by atoms with van der Waals surface area (Å²) < 4.78 is -2.56. The Morgan fingerprint density at radius 2 is 0.913 bits per heavy atom. The molecule has 0 radical (unpaired) electrons. The maximum absolute atomic E-state index is 15.3. The normalized spacial score (nSPS) is 29.0. The van der Waals surface area contributed by atoms with Crippen molar-refractivity contribution >= 4 is 47.2 Å². The van der Waals surface area contributed by atoms with E-state index in [9.17, 15) is 9.59 Å². The van der Waals surface area contributed by atoms with Crippen LogP contribution in [0.15, 0.2) is 58.3 Å². The number of carbonyl (C=O) groups is 4. The van der Waals surface area contributed by atoms with Crippen molar-refractivity contribution in [2.24, 2.45) is 11.8 Å². The molecule has 242 valence electrons. The smallest absolute Gasteiger partial charge is 0.268 e. The minimum atomic E-state index is -1.28. The lowest BCUT2D eigenvalue weighted by atomic mass is 9.53. The van der Waals surface area contributed by atoms with Crippen LogP contribution in [0.4, 0.5) is 0 Å². The highest BCUT2D eigenvalue weighted by molar-refractivity contribution is 8.14. The number of amides is 4. The molecule has 8 heteroatoms. The Labute approximate surface area is 281 Å². The first-order valence-electron chi connectivity index (χ1n) is 17.0. The molecule has 6 aliphatic rings. The second-order valence-corrected chi connectivity index (χ2v) is 17.3. The maximum atomic E-state index is 15.3. The Balaban J connectivity index is 1.38. The number of benzene rings is 2. The quantitative estimate of drug-likeness (QED) is 0.245. The van der Waals surface area contributed by atoms with Crippen LogP contribution in [-0.2, 0) is 19.2 Å². The Morgan fingerprint density at radius 1 is 0.565 bits per heavy atom. The Kier molecular flexibility index (Phi) is 7.87. The summed E-state index contributed by atoms with van der Waals surface area (Å²) in [6.07, 6.45) is 5.33. The predicted molar refractivity (Wildman–Crippen MR) is 184 cm³/mol. The van der Waals surface area contributed by atoms with Gasteiger partial charge in [-0.3, -0.25) is 29.0 Å². The van der Waals surface area contributed by atoms with Crippen LogP contribution in [0.2, 0.25) is 0 Å². The zero-order valence-electron chi connectivity index (χ0n) is 27.7. The van der Waals surface area contributed by atoms with Crippen LogP contribution < -0.4 is 0 Å². The fourth-order valence-corrected chi connectivity index (χ4v) is 12.5. The highest BCUT2D eigenvalue weighted by Gasteiger charge is 2.83. The molecule has 3 heterocycles. The van der Waals surface area contributed by atoms with Gasteiger partial charge in [0.15, 0.2) is 0 Å². The van der Waals surface area contributed by atoms with Crippen molar-refractivity contribution in [3.8, 4) is 0 Å². The fourth-order valence-electron chi connectivity index (χ4n) is 8.79. The Morgan fingerprint density at radius 3 is 1.26 bits per heavy atom.